The summed E-state index contributed by atoms with van der Waals surface area (Å²) in [5, 5.41) is 0. The second-order valence-corrected chi connectivity index (χ2v) is 3.35. The van der Waals surface area contributed by atoms with E-state index in [0.717, 1.165) is 6.92 Å². The van der Waals surface area contributed by atoms with Gasteiger partial charge >= 0.3 is 12.5 Å². The van der Waals surface area contributed by atoms with Crippen LogP contribution in [0.1, 0.15) is 16.8 Å². The van der Waals surface area contributed by atoms with Crippen molar-refractivity contribution in [2.45, 2.75) is 26.0 Å². The molecule has 0 fully saturated rings. The van der Waals surface area contributed by atoms with E-state index in [1.165, 1.54) is 0 Å². The molecule has 0 amide bonds. The fraction of sp³-hybridized carbons (Fsp3) is 0.444. The van der Waals surface area contributed by atoms with Gasteiger partial charge in [-0.05, 0) is 18.6 Å². The molecule has 0 aliphatic carbocycles. The zero-order valence-corrected chi connectivity index (χ0v) is 8.99. The van der Waals surface area contributed by atoms with Crippen LogP contribution in [-0.2, 0) is 12.7 Å². The maximum Gasteiger partial charge on any atom is 0.574 e. The lowest BCUT2D eigenvalue weighted by Gasteiger charge is -2.15. The van der Waals surface area contributed by atoms with Crippen LogP contribution in [0.25, 0.3) is 0 Å². The molecular formula is C9H8F6N2O. The second kappa shape index (κ2) is 4.63. The summed E-state index contributed by atoms with van der Waals surface area (Å²) in [5.41, 5.74) is 3.39. The fourth-order valence-electron chi connectivity index (χ4n) is 1.20. The molecule has 0 radical (unpaired) electrons. The third kappa shape index (κ3) is 3.49. The van der Waals surface area contributed by atoms with Gasteiger partial charge in [-0.25, -0.2) is 4.98 Å². The molecule has 0 saturated carbocycles. The quantitative estimate of drug-likeness (QED) is 0.843. The maximum atomic E-state index is 12.4. The van der Waals surface area contributed by atoms with Crippen molar-refractivity contribution in [3.63, 3.8) is 0 Å². The van der Waals surface area contributed by atoms with E-state index in [9.17, 15) is 26.3 Å². The Hall–Kier alpha value is -1.51. The van der Waals surface area contributed by atoms with Crippen LogP contribution in [0.5, 0.6) is 5.88 Å². The molecule has 9 heteroatoms. The molecule has 18 heavy (non-hydrogen) atoms. The van der Waals surface area contributed by atoms with Gasteiger partial charge in [0.2, 0.25) is 5.88 Å². The Morgan fingerprint density at radius 1 is 1.22 bits per heavy atom. The van der Waals surface area contributed by atoms with Crippen LogP contribution >= 0.6 is 0 Å². The maximum absolute atomic E-state index is 12.4. The number of halogens is 6. The fourth-order valence-corrected chi connectivity index (χ4v) is 1.20. The van der Waals surface area contributed by atoms with Crippen molar-refractivity contribution in [1.29, 1.82) is 0 Å². The van der Waals surface area contributed by atoms with Gasteiger partial charge in [-0.3, -0.25) is 0 Å². The van der Waals surface area contributed by atoms with Gasteiger partial charge in [0.15, 0.2) is 0 Å². The highest BCUT2D eigenvalue weighted by Crippen LogP contribution is 2.33. The van der Waals surface area contributed by atoms with E-state index in [2.05, 4.69) is 9.72 Å². The van der Waals surface area contributed by atoms with Crippen molar-refractivity contribution in [2.24, 2.45) is 5.73 Å². The van der Waals surface area contributed by atoms with E-state index >= 15 is 0 Å². The van der Waals surface area contributed by atoms with Crippen molar-refractivity contribution in [2.75, 3.05) is 0 Å². The number of hydrogen-bond donors (Lipinski definition) is 1. The molecule has 1 aromatic rings. The minimum absolute atomic E-state index is 0.114. The molecule has 3 nitrogen and oxygen atoms in total. The minimum Gasteiger partial charge on any atom is -0.388 e. The average Bonchev–Trinajstić information content (AvgIpc) is 2.17. The van der Waals surface area contributed by atoms with Crippen LogP contribution in [0.2, 0.25) is 0 Å². The summed E-state index contributed by atoms with van der Waals surface area (Å²) >= 11 is 0. The summed E-state index contributed by atoms with van der Waals surface area (Å²) in [6, 6.07) is 0.596. The first-order valence-corrected chi connectivity index (χ1v) is 4.58. The number of aromatic nitrogens is 1. The van der Waals surface area contributed by atoms with Crippen molar-refractivity contribution in [3.8, 4) is 5.88 Å². The number of pyridine rings is 1. The predicted octanol–water partition coefficient (Wildman–Crippen LogP) is 2.77. The monoisotopic (exact) mass is 274 g/mol. The van der Waals surface area contributed by atoms with Crippen LogP contribution in [-0.4, -0.2) is 11.3 Å². The molecule has 2 N–H and O–H groups in total. The van der Waals surface area contributed by atoms with Gasteiger partial charge in [0.25, 0.3) is 0 Å². The first kappa shape index (κ1) is 14.6. The predicted molar refractivity (Wildman–Crippen MR) is 48.6 cm³/mol. The number of rotatable bonds is 2. The van der Waals surface area contributed by atoms with E-state index in [1.807, 2.05) is 0 Å². The van der Waals surface area contributed by atoms with Crippen LogP contribution < -0.4 is 10.5 Å². The Balaban J connectivity index is 3.32. The van der Waals surface area contributed by atoms with E-state index < -0.39 is 24.1 Å². The van der Waals surface area contributed by atoms with E-state index in [0.29, 0.717) is 6.07 Å². The van der Waals surface area contributed by atoms with Gasteiger partial charge in [0.1, 0.15) is 5.69 Å². The van der Waals surface area contributed by atoms with E-state index in [4.69, 9.17) is 5.73 Å². The molecule has 0 bridgehead atoms. The lowest BCUT2D eigenvalue weighted by Crippen LogP contribution is -2.21. The van der Waals surface area contributed by atoms with Gasteiger partial charge in [-0.2, -0.15) is 13.2 Å². The lowest BCUT2D eigenvalue weighted by atomic mass is 10.1. The van der Waals surface area contributed by atoms with Crippen LogP contribution in [0, 0.1) is 6.92 Å². The van der Waals surface area contributed by atoms with Crippen LogP contribution in [0.3, 0.4) is 0 Å². The molecule has 1 aromatic heterocycles. The normalized spacial score (nSPS) is 12.7. The Morgan fingerprint density at radius 3 is 2.17 bits per heavy atom. The first-order chi connectivity index (χ1) is 8.04. The zero-order valence-electron chi connectivity index (χ0n) is 8.99. The zero-order chi connectivity index (χ0) is 14.1. The summed E-state index contributed by atoms with van der Waals surface area (Å²) < 4.78 is 76.7. The number of nitrogens with two attached hydrogens (primary N) is 1. The van der Waals surface area contributed by atoms with E-state index in [-0.39, 0.29) is 17.7 Å². The molecule has 0 aromatic carbocycles. The third-order valence-electron chi connectivity index (χ3n) is 2.06. The van der Waals surface area contributed by atoms with Gasteiger partial charge in [-0.15, -0.1) is 13.2 Å². The average molecular weight is 274 g/mol. The number of hydrogen-bond acceptors (Lipinski definition) is 3. The number of nitrogens with zero attached hydrogens (tertiary/aromatic N) is 1. The SMILES string of the molecule is Cc1c(CN)cc(C(F)(F)F)nc1OC(F)(F)F. The molecule has 0 saturated heterocycles. The summed E-state index contributed by atoms with van der Waals surface area (Å²) in [7, 11) is 0. The van der Waals surface area contributed by atoms with Crippen molar-refractivity contribution in [1.82, 2.24) is 4.98 Å². The van der Waals surface area contributed by atoms with E-state index in [1.54, 1.807) is 0 Å². The lowest BCUT2D eigenvalue weighted by molar-refractivity contribution is -0.276. The largest absolute Gasteiger partial charge is 0.574 e. The molecule has 1 heterocycles. The topological polar surface area (TPSA) is 48.1 Å². The van der Waals surface area contributed by atoms with Crippen molar-refractivity contribution < 1.29 is 31.1 Å². The molecule has 1 rings (SSSR count). The molecule has 0 spiro atoms. The molecule has 0 atom stereocenters. The molecule has 0 aliphatic heterocycles. The Bertz CT molecular complexity index is 440. The van der Waals surface area contributed by atoms with Crippen molar-refractivity contribution in [3.05, 3.63) is 22.9 Å². The Morgan fingerprint density at radius 2 is 1.78 bits per heavy atom. The Kier molecular flexibility index (Phi) is 3.75. The summed E-state index contributed by atoms with van der Waals surface area (Å²) in [5.74, 6) is -1.14. The third-order valence-corrected chi connectivity index (χ3v) is 2.06. The summed E-state index contributed by atoms with van der Waals surface area (Å²) in [4.78, 5) is 2.81. The van der Waals surface area contributed by atoms with Gasteiger partial charge in [0.05, 0.1) is 0 Å². The first-order valence-electron chi connectivity index (χ1n) is 4.58. The van der Waals surface area contributed by atoms with Gasteiger partial charge in [-0.1, -0.05) is 0 Å². The number of alkyl halides is 6. The van der Waals surface area contributed by atoms with Gasteiger partial charge in [0, 0.05) is 12.1 Å². The van der Waals surface area contributed by atoms with Crippen LogP contribution in [0.15, 0.2) is 6.07 Å². The van der Waals surface area contributed by atoms with Crippen LogP contribution in [0.4, 0.5) is 26.3 Å². The molecule has 0 aliphatic rings. The highest BCUT2D eigenvalue weighted by atomic mass is 19.4. The molecule has 0 unspecified atom stereocenters. The summed E-state index contributed by atoms with van der Waals surface area (Å²) in [6.45, 7) is 0.794. The Labute approximate surface area is 97.6 Å². The standard InChI is InChI=1S/C9H8F6N2O/c1-4-5(3-16)2-6(8(10,11)12)17-7(4)18-9(13,14)15/h2H,3,16H2,1H3. The smallest absolute Gasteiger partial charge is 0.388 e. The second-order valence-electron chi connectivity index (χ2n) is 3.35. The van der Waals surface area contributed by atoms with Gasteiger partial charge < -0.3 is 10.5 Å². The number of ether oxygens (including phenoxy) is 1. The summed E-state index contributed by atoms with van der Waals surface area (Å²) in [6.07, 6.45) is -9.99. The van der Waals surface area contributed by atoms with Crippen molar-refractivity contribution >= 4 is 0 Å². The minimum atomic E-state index is -5.12. The molecule has 102 valence electrons. The highest BCUT2D eigenvalue weighted by molar-refractivity contribution is 5.36. The molecular weight excluding hydrogens is 266 g/mol. The highest BCUT2D eigenvalue weighted by Gasteiger charge is 2.37.